The van der Waals surface area contributed by atoms with Gasteiger partial charge in [-0.15, -0.1) is 0 Å². The Kier molecular flexibility index (Phi) is 12.1. The second-order valence-corrected chi connectivity index (χ2v) is 9.03. The lowest BCUT2D eigenvalue weighted by atomic mass is 10.0. The number of quaternary nitrogens is 1. The highest BCUT2D eigenvalue weighted by atomic mass is 35.5. The maximum Gasteiger partial charge on any atom is 0.364 e. The van der Waals surface area contributed by atoms with Crippen molar-refractivity contribution in [3.8, 4) is 0 Å². The molecule has 0 radical (unpaired) electrons. The van der Waals surface area contributed by atoms with Gasteiger partial charge in [0.05, 0.1) is 30.7 Å². The number of nitrogens with zero attached hydrogens (tertiary/aromatic N) is 1. The topological polar surface area (TPSA) is 26.3 Å². The van der Waals surface area contributed by atoms with Crippen molar-refractivity contribution >= 4 is 29.2 Å². The number of likely N-dealkylation sites (N-methyl/N-ethyl adjacent to an activating group) is 1. The van der Waals surface area contributed by atoms with E-state index in [0.29, 0.717) is 27.7 Å². The molecule has 0 N–H and O–H groups in total. The summed E-state index contributed by atoms with van der Waals surface area (Å²) in [6, 6.07) is 5.52. The van der Waals surface area contributed by atoms with Crippen LogP contribution in [0.15, 0.2) is 18.2 Å². The molecule has 0 saturated carbocycles. The second kappa shape index (κ2) is 13.5. The first-order chi connectivity index (χ1) is 13.3. The maximum absolute atomic E-state index is 12.7. The molecule has 5 heteroatoms. The number of benzene rings is 1. The molecule has 1 aromatic rings. The largest absolute Gasteiger partial charge is 0.462 e. The first kappa shape index (κ1) is 25.3. The summed E-state index contributed by atoms with van der Waals surface area (Å²) in [6.45, 7) is 5.23. The van der Waals surface area contributed by atoms with E-state index >= 15 is 0 Å². The molecule has 0 aliphatic heterocycles. The molecule has 0 saturated heterocycles. The van der Waals surface area contributed by atoms with Gasteiger partial charge in [0.25, 0.3) is 0 Å². The third-order valence-corrected chi connectivity index (χ3v) is 6.05. The average Bonchev–Trinajstić information content (AvgIpc) is 2.63. The van der Waals surface area contributed by atoms with E-state index in [1.165, 1.54) is 44.9 Å². The Labute approximate surface area is 181 Å². The monoisotopic (exact) mass is 430 g/mol. The number of halogens is 2. The lowest BCUT2D eigenvalue weighted by Gasteiger charge is -2.36. The molecule has 160 valence electrons. The molecule has 3 nitrogen and oxygen atoms in total. The van der Waals surface area contributed by atoms with E-state index in [1.54, 1.807) is 0 Å². The second-order valence-electron chi connectivity index (χ2n) is 8.22. The number of ether oxygens (including phenoxy) is 1. The van der Waals surface area contributed by atoms with Gasteiger partial charge in [0, 0.05) is 12.0 Å². The van der Waals surface area contributed by atoms with Gasteiger partial charge in [-0.25, -0.2) is 4.79 Å². The number of carbonyl (C=O) groups is 1. The molecule has 1 aromatic carbocycles. The molecule has 0 fully saturated rings. The third kappa shape index (κ3) is 9.15. The minimum Gasteiger partial charge on any atom is -0.462 e. The molecule has 0 aliphatic carbocycles. The van der Waals surface area contributed by atoms with Crippen LogP contribution < -0.4 is 0 Å². The quantitative estimate of drug-likeness (QED) is 0.180. The van der Waals surface area contributed by atoms with Gasteiger partial charge >= 0.3 is 5.97 Å². The van der Waals surface area contributed by atoms with Crippen LogP contribution in [0.4, 0.5) is 0 Å². The molecule has 0 amide bonds. The van der Waals surface area contributed by atoms with Crippen LogP contribution in [0.3, 0.4) is 0 Å². The molecule has 1 rings (SSSR count). The third-order valence-electron chi connectivity index (χ3n) is 5.31. The van der Waals surface area contributed by atoms with Crippen LogP contribution in [0.5, 0.6) is 0 Å². The smallest absolute Gasteiger partial charge is 0.364 e. The highest BCUT2D eigenvalue weighted by Gasteiger charge is 2.35. The highest BCUT2D eigenvalue weighted by molar-refractivity contribution is 6.42. The van der Waals surface area contributed by atoms with E-state index in [2.05, 4.69) is 21.0 Å². The lowest BCUT2D eigenvalue weighted by molar-refractivity contribution is -0.920. The molecule has 0 bridgehead atoms. The van der Waals surface area contributed by atoms with E-state index in [-0.39, 0.29) is 12.0 Å². The van der Waals surface area contributed by atoms with Crippen LogP contribution in [-0.4, -0.2) is 37.2 Å². The Morgan fingerprint density at radius 1 is 0.964 bits per heavy atom. The molecular formula is C23H38Cl2NO2+. The van der Waals surface area contributed by atoms with Crippen molar-refractivity contribution in [2.24, 2.45) is 0 Å². The minimum atomic E-state index is -0.172. The Morgan fingerprint density at radius 3 is 2.14 bits per heavy atom. The van der Waals surface area contributed by atoms with Crippen LogP contribution in [-0.2, 0) is 16.1 Å². The fourth-order valence-corrected chi connectivity index (χ4v) is 4.00. The standard InChI is InChI=1S/C23H38Cl2NO2/c1-5-7-8-9-10-11-12-13-14-22(23(27)28-6-2)26(3,4)18-19-15-16-20(24)21(25)17-19/h15-17,22H,5-14,18H2,1-4H3/q+1/t22-/m1/s1. The number of rotatable bonds is 14. The van der Waals surface area contributed by atoms with Crippen LogP contribution >= 0.6 is 23.2 Å². The molecule has 0 heterocycles. The van der Waals surface area contributed by atoms with Gasteiger partial charge in [0.1, 0.15) is 6.54 Å². The van der Waals surface area contributed by atoms with Crippen LogP contribution in [0.25, 0.3) is 0 Å². The van der Waals surface area contributed by atoms with Gasteiger partial charge in [-0.05, 0) is 25.5 Å². The van der Waals surface area contributed by atoms with E-state index in [4.69, 9.17) is 27.9 Å². The summed E-state index contributed by atoms with van der Waals surface area (Å²) in [5.74, 6) is -0.101. The zero-order valence-electron chi connectivity index (χ0n) is 18.1. The Balaban J connectivity index is 2.63. The molecule has 1 atom stereocenters. The van der Waals surface area contributed by atoms with E-state index < -0.39 is 0 Å². The van der Waals surface area contributed by atoms with Crippen LogP contribution in [0.1, 0.15) is 77.2 Å². The number of hydrogen-bond donors (Lipinski definition) is 0. The Hall–Kier alpha value is -0.770. The zero-order valence-corrected chi connectivity index (χ0v) is 19.6. The fourth-order valence-electron chi connectivity index (χ4n) is 3.68. The Bertz CT molecular complexity index is 590. The summed E-state index contributed by atoms with van der Waals surface area (Å²) in [4.78, 5) is 12.7. The van der Waals surface area contributed by atoms with Crippen molar-refractivity contribution in [1.29, 1.82) is 0 Å². The van der Waals surface area contributed by atoms with Crippen LogP contribution in [0.2, 0.25) is 10.0 Å². The van der Waals surface area contributed by atoms with E-state index in [1.807, 2.05) is 25.1 Å². The predicted octanol–water partition coefficient (Wildman–Crippen LogP) is 7.03. The summed E-state index contributed by atoms with van der Waals surface area (Å²) in [5, 5.41) is 1.10. The van der Waals surface area contributed by atoms with E-state index in [0.717, 1.165) is 18.4 Å². The van der Waals surface area contributed by atoms with Gasteiger partial charge in [0.15, 0.2) is 6.04 Å². The average molecular weight is 431 g/mol. The summed E-state index contributed by atoms with van der Waals surface area (Å²) in [5.41, 5.74) is 1.07. The molecule has 0 aromatic heterocycles. The maximum atomic E-state index is 12.7. The summed E-state index contributed by atoms with van der Waals surface area (Å²) < 4.78 is 5.94. The van der Waals surface area contributed by atoms with Gasteiger partial charge in [-0.1, -0.05) is 81.1 Å². The molecule has 0 aliphatic rings. The predicted molar refractivity (Wildman–Crippen MR) is 120 cm³/mol. The summed E-state index contributed by atoms with van der Waals surface area (Å²) in [7, 11) is 4.18. The zero-order chi connectivity index (χ0) is 21.0. The molecule has 28 heavy (non-hydrogen) atoms. The van der Waals surface area contributed by atoms with Gasteiger partial charge in [-0.2, -0.15) is 0 Å². The minimum absolute atomic E-state index is 0.101. The lowest BCUT2D eigenvalue weighted by Crippen LogP contribution is -2.52. The SMILES string of the molecule is CCCCCCCCCC[C@H](C(=O)OCC)[N+](C)(C)Cc1ccc(Cl)c(Cl)c1. The van der Waals surface area contributed by atoms with Gasteiger partial charge in [-0.3, -0.25) is 0 Å². The Morgan fingerprint density at radius 2 is 1.57 bits per heavy atom. The number of hydrogen-bond acceptors (Lipinski definition) is 2. The number of esters is 1. The normalized spacial score (nSPS) is 12.8. The van der Waals surface area contributed by atoms with Gasteiger partial charge < -0.3 is 9.22 Å². The molecule has 0 spiro atoms. The summed E-state index contributed by atoms with van der Waals surface area (Å²) in [6.07, 6.45) is 10.9. The fraction of sp³-hybridized carbons (Fsp3) is 0.696. The molecular weight excluding hydrogens is 393 g/mol. The van der Waals surface area contributed by atoms with Crippen molar-refractivity contribution in [2.75, 3.05) is 20.7 Å². The number of carbonyl (C=O) groups excluding carboxylic acids is 1. The molecule has 0 unspecified atom stereocenters. The van der Waals surface area contributed by atoms with Crippen molar-refractivity contribution in [1.82, 2.24) is 0 Å². The first-order valence-corrected chi connectivity index (χ1v) is 11.5. The number of unbranched alkanes of at least 4 members (excludes halogenated alkanes) is 7. The summed E-state index contributed by atoms with van der Waals surface area (Å²) >= 11 is 12.2. The first-order valence-electron chi connectivity index (χ1n) is 10.7. The van der Waals surface area contributed by atoms with Crippen molar-refractivity contribution < 1.29 is 14.0 Å². The van der Waals surface area contributed by atoms with Gasteiger partial charge in [0.2, 0.25) is 0 Å². The van der Waals surface area contributed by atoms with E-state index in [9.17, 15) is 4.79 Å². The van der Waals surface area contributed by atoms with Crippen molar-refractivity contribution in [3.63, 3.8) is 0 Å². The van der Waals surface area contributed by atoms with Crippen molar-refractivity contribution in [3.05, 3.63) is 33.8 Å². The van der Waals surface area contributed by atoms with Crippen LogP contribution in [0, 0.1) is 0 Å². The highest BCUT2D eigenvalue weighted by Crippen LogP contribution is 2.26. The van der Waals surface area contributed by atoms with Crippen molar-refractivity contribution in [2.45, 2.75) is 84.2 Å².